The molecule has 0 aliphatic heterocycles. The lowest BCUT2D eigenvalue weighted by Crippen LogP contribution is -1.96. The molecule has 0 unspecified atom stereocenters. The molecule has 0 bridgehead atoms. The lowest BCUT2D eigenvalue weighted by atomic mass is 10.2. The number of nitrogens with zero attached hydrogens (tertiary/aromatic N) is 2. The van der Waals surface area contributed by atoms with Crippen molar-refractivity contribution < 1.29 is 14.2 Å². The monoisotopic (exact) mass is 322 g/mol. The number of hydrogen-bond donors (Lipinski definition) is 0. The molecular formula is C19H18N2O3. The van der Waals surface area contributed by atoms with E-state index < -0.39 is 0 Å². The Bertz CT molecular complexity index is 850. The third-order valence-electron chi connectivity index (χ3n) is 3.35. The van der Waals surface area contributed by atoms with E-state index in [4.69, 9.17) is 14.2 Å². The van der Waals surface area contributed by atoms with E-state index in [0.717, 1.165) is 11.3 Å². The molecule has 1 aromatic heterocycles. The molecule has 3 aromatic rings. The van der Waals surface area contributed by atoms with E-state index >= 15 is 0 Å². The zero-order chi connectivity index (χ0) is 16.9. The van der Waals surface area contributed by atoms with Crippen LogP contribution in [0.3, 0.4) is 0 Å². The molecule has 0 aliphatic carbocycles. The zero-order valence-corrected chi connectivity index (χ0v) is 13.8. The molecule has 0 amide bonds. The van der Waals surface area contributed by atoms with Crippen LogP contribution in [0.5, 0.6) is 29.0 Å². The van der Waals surface area contributed by atoms with Gasteiger partial charge >= 0.3 is 0 Å². The molecule has 5 nitrogen and oxygen atoms in total. The molecular weight excluding hydrogens is 304 g/mol. The van der Waals surface area contributed by atoms with Gasteiger partial charge in [0.25, 0.3) is 0 Å². The molecule has 3 rings (SSSR count). The molecule has 0 atom stereocenters. The maximum absolute atomic E-state index is 5.92. The second-order valence-electron chi connectivity index (χ2n) is 5.24. The molecule has 0 radical (unpaired) electrons. The molecule has 2 aromatic carbocycles. The Morgan fingerprint density at radius 2 is 1.46 bits per heavy atom. The van der Waals surface area contributed by atoms with E-state index in [1.54, 1.807) is 20.1 Å². The molecule has 122 valence electrons. The first-order valence-corrected chi connectivity index (χ1v) is 7.55. The maximum Gasteiger partial charge on any atom is 0.226 e. The molecule has 0 saturated carbocycles. The first kappa shape index (κ1) is 15.8. The molecule has 1 heterocycles. The Hall–Kier alpha value is -3.08. The molecule has 0 fully saturated rings. The second-order valence-corrected chi connectivity index (χ2v) is 5.24. The van der Waals surface area contributed by atoms with E-state index in [2.05, 4.69) is 9.97 Å². The van der Waals surface area contributed by atoms with Crippen LogP contribution in [0.15, 0.2) is 54.6 Å². The van der Waals surface area contributed by atoms with Crippen molar-refractivity contribution in [3.05, 3.63) is 66.0 Å². The van der Waals surface area contributed by atoms with Crippen LogP contribution in [-0.4, -0.2) is 17.1 Å². The Kier molecular flexibility index (Phi) is 4.61. The summed E-state index contributed by atoms with van der Waals surface area (Å²) in [6.07, 6.45) is 0. The standard InChI is InChI=1S/C19H18N2O3/c1-13-7-4-5-10-17(13)23-15-8-6-9-16(11-15)24-19-12-18(22-3)20-14(2)21-19/h4-12H,1-3H3. The second kappa shape index (κ2) is 7.00. The molecule has 0 saturated heterocycles. The van der Waals surface area contributed by atoms with Gasteiger partial charge < -0.3 is 14.2 Å². The molecule has 24 heavy (non-hydrogen) atoms. The fourth-order valence-electron chi connectivity index (χ4n) is 2.19. The Morgan fingerprint density at radius 1 is 0.750 bits per heavy atom. The normalized spacial score (nSPS) is 10.3. The van der Waals surface area contributed by atoms with Crippen LogP contribution in [-0.2, 0) is 0 Å². The third-order valence-corrected chi connectivity index (χ3v) is 3.35. The van der Waals surface area contributed by atoms with E-state index in [1.165, 1.54) is 0 Å². The summed E-state index contributed by atoms with van der Waals surface area (Å²) in [5.74, 6) is 3.60. The van der Waals surface area contributed by atoms with Crippen molar-refractivity contribution in [2.45, 2.75) is 13.8 Å². The van der Waals surface area contributed by atoms with Gasteiger partial charge in [0.15, 0.2) is 0 Å². The van der Waals surface area contributed by atoms with Crippen molar-refractivity contribution in [1.29, 1.82) is 0 Å². The summed E-state index contributed by atoms with van der Waals surface area (Å²) in [5.41, 5.74) is 1.07. The van der Waals surface area contributed by atoms with Gasteiger partial charge in [-0.25, -0.2) is 0 Å². The zero-order valence-electron chi connectivity index (χ0n) is 13.8. The highest BCUT2D eigenvalue weighted by Crippen LogP contribution is 2.29. The number of benzene rings is 2. The number of ether oxygens (including phenoxy) is 3. The quantitative estimate of drug-likeness (QED) is 0.682. The Labute approximate surface area is 140 Å². The summed E-state index contributed by atoms with van der Waals surface area (Å²) in [4.78, 5) is 8.39. The predicted octanol–water partition coefficient (Wildman–Crippen LogP) is 4.69. The average molecular weight is 322 g/mol. The highest BCUT2D eigenvalue weighted by atomic mass is 16.5. The SMILES string of the molecule is COc1cc(Oc2cccc(Oc3ccccc3C)c2)nc(C)n1. The van der Waals surface area contributed by atoms with Gasteiger partial charge in [0, 0.05) is 6.07 Å². The van der Waals surface area contributed by atoms with Gasteiger partial charge in [-0.15, -0.1) is 0 Å². The minimum absolute atomic E-state index is 0.424. The predicted molar refractivity (Wildman–Crippen MR) is 91.1 cm³/mol. The summed E-state index contributed by atoms with van der Waals surface area (Å²) < 4.78 is 16.9. The summed E-state index contributed by atoms with van der Waals surface area (Å²) in [5, 5.41) is 0. The summed E-state index contributed by atoms with van der Waals surface area (Å²) in [6, 6.07) is 16.9. The van der Waals surface area contributed by atoms with E-state index in [-0.39, 0.29) is 0 Å². The fourth-order valence-corrected chi connectivity index (χ4v) is 2.19. The number of aromatic nitrogens is 2. The topological polar surface area (TPSA) is 53.5 Å². The van der Waals surface area contributed by atoms with Crippen LogP contribution in [0.25, 0.3) is 0 Å². The van der Waals surface area contributed by atoms with Crippen LogP contribution in [0.2, 0.25) is 0 Å². The van der Waals surface area contributed by atoms with Crippen LogP contribution in [0, 0.1) is 13.8 Å². The highest BCUT2D eigenvalue weighted by Gasteiger charge is 2.06. The highest BCUT2D eigenvalue weighted by molar-refractivity contribution is 5.41. The van der Waals surface area contributed by atoms with E-state index in [9.17, 15) is 0 Å². The summed E-state index contributed by atoms with van der Waals surface area (Å²) in [6.45, 7) is 3.79. The van der Waals surface area contributed by atoms with Gasteiger partial charge in [0.2, 0.25) is 11.8 Å². The molecule has 5 heteroatoms. The average Bonchev–Trinajstić information content (AvgIpc) is 2.57. The lowest BCUT2D eigenvalue weighted by molar-refractivity contribution is 0.385. The minimum Gasteiger partial charge on any atom is -0.481 e. The van der Waals surface area contributed by atoms with Crippen molar-refractivity contribution in [1.82, 2.24) is 9.97 Å². The Balaban J connectivity index is 1.81. The van der Waals surface area contributed by atoms with E-state index in [0.29, 0.717) is 29.1 Å². The number of hydrogen-bond acceptors (Lipinski definition) is 5. The Morgan fingerprint density at radius 3 is 2.21 bits per heavy atom. The smallest absolute Gasteiger partial charge is 0.226 e. The van der Waals surface area contributed by atoms with Crippen molar-refractivity contribution >= 4 is 0 Å². The van der Waals surface area contributed by atoms with Crippen LogP contribution >= 0.6 is 0 Å². The first-order chi connectivity index (χ1) is 11.6. The van der Waals surface area contributed by atoms with Crippen molar-refractivity contribution in [3.63, 3.8) is 0 Å². The van der Waals surface area contributed by atoms with Gasteiger partial charge in [-0.3, -0.25) is 0 Å². The van der Waals surface area contributed by atoms with Crippen molar-refractivity contribution in [3.8, 4) is 29.0 Å². The maximum atomic E-state index is 5.92. The van der Waals surface area contributed by atoms with E-state index in [1.807, 2.05) is 55.5 Å². The lowest BCUT2D eigenvalue weighted by Gasteiger charge is -2.11. The summed E-state index contributed by atoms with van der Waals surface area (Å²) >= 11 is 0. The van der Waals surface area contributed by atoms with Crippen LogP contribution < -0.4 is 14.2 Å². The number of para-hydroxylation sites is 1. The van der Waals surface area contributed by atoms with Gasteiger partial charge in [-0.1, -0.05) is 24.3 Å². The number of rotatable bonds is 5. The van der Waals surface area contributed by atoms with Gasteiger partial charge in [-0.2, -0.15) is 9.97 Å². The van der Waals surface area contributed by atoms with Gasteiger partial charge in [0.1, 0.15) is 23.1 Å². The largest absolute Gasteiger partial charge is 0.481 e. The van der Waals surface area contributed by atoms with Crippen LogP contribution in [0.4, 0.5) is 0 Å². The minimum atomic E-state index is 0.424. The molecule has 0 aliphatic rings. The number of methoxy groups -OCH3 is 1. The first-order valence-electron chi connectivity index (χ1n) is 7.55. The third kappa shape index (κ3) is 3.81. The number of aryl methyl sites for hydroxylation is 2. The van der Waals surface area contributed by atoms with Crippen molar-refractivity contribution in [2.24, 2.45) is 0 Å². The fraction of sp³-hybridized carbons (Fsp3) is 0.158. The van der Waals surface area contributed by atoms with Gasteiger partial charge in [-0.05, 0) is 37.6 Å². The summed E-state index contributed by atoms with van der Waals surface area (Å²) in [7, 11) is 1.56. The van der Waals surface area contributed by atoms with Crippen molar-refractivity contribution in [2.75, 3.05) is 7.11 Å². The molecule has 0 spiro atoms. The van der Waals surface area contributed by atoms with Crippen LogP contribution in [0.1, 0.15) is 11.4 Å². The van der Waals surface area contributed by atoms with Gasteiger partial charge in [0.05, 0.1) is 13.2 Å². The molecule has 0 N–H and O–H groups in total.